The lowest BCUT2D eigenvalue weighted by Crippen LogP contribution is -2.08. The van der Waals surface area contributed by atoms with Gasteiger partial charge >= 0.3 is 0 Å². The molecular formula is C12H16ClNO. The average Bonchev–Trinajstić information content (AvgIpc) is 2.20. The van der Waals surface area contributed by atoms with Crippen LogP contribution in [-0.2, 0) is 0 Å². The van der Waals surface area contributed by atoms with E-state index < -0.39 is 0 Å². The van der Waals surface area contributed by atoms with Gasteiger partial charge in [0.15, 0.2) is 0 Å². The number of rotatable bonds is 4. The van der Waals surface area contributed by atoms with Crippen LogP contribution in [0.15, 0.2) is 29.8 Å². The van der Waals surface area contributed by atoms with Gasteiger partial charge in [0.05, 0.1) is 0 Å². The molecule has 82 valence electrons. The van der Waals surface area contributed by atoms with E-state index in [1.54, 1.807) is 6.08 Å². The maximum atomic E-state index is 5.86. The largest absolute Gasteiger partial charge is 0.489 e. The normalized spacial score (nSPS) is 13.1. The maximum absolute atomic E-state index is 5.86. The number of aryl methyl sites for hydroxylation is 1. The standard InChI is InChI=1S/C12H16ClNO/c1-9-4-5-12(15-7-3-6-13)11(8-9)10(2)14/h3-6,8,10H,7,14H2,1-2H3/t10-/m0/s1. The molecule has 0 amide bonds. The van der Waals surface area contributed by atoms with Crippen molar-refractivity contribution in [2.75, 3.05) is 6.61 Å². The summed E-state index contributed by atoms with van der Waals surface area (Å²) in [6.45, 7) is 4.44. The van der Waals surface area contributed by atoms with Crippen molar-refractivity contribution < 1.29 is 4.74 Å². The summed E-state index contributed by atoms with van der Waals surface area (Å²) in [6.07, 6.45) is 1.74. The van der Waals surface area contributed by atoms with Gasteiger partial charge in [-0.05, 0) is 26.0 Å². The molecule has 0 radical (unpaired) electrons. The zero-order valence-electron chi connectivity index (χ0n) is 9.03. The Labute approximate surface area is 95.7 Å². The molecule has 0 saturated carbocycles. The van der Waals surface area contributed by atoms with Crippen LogP contribution < -0.4 is 10.5 Å². The Balaban J connectivity index is 2.85. The second-order valence-corrected chi connectivity index (χ2v) is 3.75. The molecule has 0 aliphatic carbocycles. The SMILES string of the molecule is Cc1ccc(OCC=CCl)c([C@H](C)N)c1. The van der Waals surface area contributed by atoms with Crippen LogP contribution in [-0.4, -0.2) is 6.61 Å². The average molecular weight is 226 g/mol. The Morgan fingerprint density at radius 2 is 2.27 bits per heavy atom. The highest BCUT2D eigenvalue weighted by Gasteiger charge is 2.07. The van der Waals surface area contributed by atoms with Gasteiger partial charge in [-0.15, -0.1) is 0 Å². The third-order valence-corrected chi connectivity index (χ3v) is 2.26. The quantitative estimate of drug-likeness (QED) is 0.855. The summed E-state index contributed by atoms with van der Waals surface area (Å²) >= 11 is 5.41. The molecule has 15 heavy (non-hydrogen) atoms. The number of ether oxygens (including phenoxy) is 1. The maximum Gasteiger partial charge on any atom is 0.124 e. The molecular weight excluding hydrogens is 210 g/mol. The highest BCUT2D eigenvalue weighted by Crippen LogP contribution is 2.24. The molecule has 0 unspecified atom stereocenters. The van der Waals surface area contributed by atoms with Gasteiger partial charge in [-0.25, -0.2) is 0 Å². The van der Waals surface area contributed by atoms with E-state index in [1.165, 1.54) is 11.1 Å². The number of hydrogen-bond donors (Lipinski definition) is 1. The summed E-state index contributed by atoms with van der Waals surface area (Å²) in [5.74, 6) is 0.824. The minimum atomic E-state index is -0.0279. The predicted octanol–water partition coefficient (Wildman–Crippen LogP) is 3.15. The van der Waals surface area contributed by atoms with Crippen LogP contribution in [0.3, 0.4) is 0 Å². The molecule has 0 heterocycles. The Morgan fingerprint density at radius 3 is 2.87 bits per heavy atom. The Morgan fingerprint density at radius 1 is 1.53 bits per heavy atom. The van der Waals surface area contributed by atoms with Crippen molar-refractivity contribution in [2.24, 2.45) is 5.73 Å². The predicted molar refractivity (Wildman–Crippen MR) is 64.3 cm³/mol. The molecule has 3 heteroatoms. The van der Waals surface area contributed by atoms with E-state index in [0.29, 0.717) is 6.61 Å². The first-order chi connectivity index (χ1) is 7.15. The molecule has 0 aliphatic heterocycles. The highest BCUT2D eigenvalue weighted by atomic mass is 35.5. The summed E-state index contributed by atoms with van der Waals surface area (Å²) in [5.41, 5.74) is 9.52. The second kappa shape index (κ2) is 5.79. The van der Waals surface area contributed by atoms with Crippen LogP contribution >= 0.6 is 11.6 Å². The van der Waals surface area contributed by atoms with E-state index in [2.05, 4.69) is 0 Å². The Bertz CT molecular complexity index is 347. The van der Waals surface area contributed by atoms with Gasteiger partial charge in [0, 0.05) is 17.1 Å². The Kier molecular flexibility index (Phi) is 4.66. The van der Waals surface area contributed by atoms with Crippen LogP contribution in [0.1, 0.15) is 24.1 Å². The molecule has 1 aromatic carbocycles. The summed E-state index contributed by atoms with van der Waals surface area (Å²) in [6, 6.07) is 5.96. The lowest BCUT2D eigenvalue weighted by molar-refractivity contribution is 0.357. The third kappa shape index (κ3) is 3.57. The fourth-order valence-electron chi connectivity index (χ4n) is 1.33. The first-order valence-electron chi connectivity index (χ1n) is 4.89. The van der Waals surface area contributed by atoms with Crippen molar-refractivity contribution in [3.05, 3.63) is 40.9 Å². The zero-order chi connectivity index (χ0) is 11.3. The minimum absolute atomic E-state index is 0.0279. The van der Waals surface area contributed by atoms with Gasteiger partial charge in [-0.2, -0.15) is 0 Å². The molecule has 1 atom stereocenters. The minimum Gasteiger partial charge on any atom is -0.489 e. The van der Waals surface area contributed by atoms with Gasteiger partial charge in [-0.1, -0.05) is 29.3 Å². The molecule has 0 bridgehead atoms. The summed E-state index contributed by atoms with van der Waals surface area (Å²) in [5, 5.41) is 0. The van der Waals surface area contributed by atoms with Gasteiger partial charge in [0.1, 0.15) is 12.4 Å². The molecule has 2 N–H and O–H groups in total. The zero-order valence-corrected chi connectivity index (χ0v) is 9.79. The molecule has 1 aromatic rings. The van der Waals surface area contributed by atoms with Crippen molar-refractivity contribution in [3.8, 4) is 5.75 Å². The summed E-state index contributed by atoms with van der Waals surface area (Å²) in [7, 11) is 0. The van der Waals surface area contributed by atoms with Crippen LogP contribution in [0.4, 0.5) is 0 Å². The van der Waals surface area contributed by atoms with E-state index in [4.69, 9.17) is 22.1 Å². The summed E-state index contributed by atoms with van der Waals surface area (Å²) in [4.78, 5) is 0. The van der Waals surface area contributed by atoms with Gasteiger partial charge in [0.25, 0.3) is 0 Å². The van der Waals surface area contributed by atoms with Gasteiger partial charge < -0.3 is 10.5 Å². The van der Waals surface area contributed by atoms with Gasteiger partial charge in [0.2, 0.25) is 0 Å². The monoisotopic (exact) mass is 225 g/mol. The fraction of sp³-hybridized carbons (Fsp3) is 0.333. The number of hydrogen-bond acceptors (Lipinski definition) is 2. The van der Waals surface area contributed by atoms with Crippen molar-refractivity contribution >= 4 is 11.6 Å². The van der Waals surface area contributed by atoms with E-state index in [-0.39, 0.29) is 6.04 Å². The van der Waals surface area contributed by atoms with E-state index in [1.807, 2.05) is 32.0 Å². The lowest BCUT2D eigenvalue weighted by Gasteiger charge is -2.13. The molecule has 0 fully saturated rings. The van der Waals surface area contributed by atoms with Crippen molar-refractivity contribution in [2.45, 2.75) is 19.9 Å². The van der Waals surface area contributed by atoms with E-state index in [0.717, 1.165) is 11.3 Å². The smallest absolute Gasteiger partial charge is 0.124 e. The van der Waals surface area contributed by atoms with Crippen LogP contribution in [0.5, 0.6) is 5.75 Å². The number of halogens is 1. The molecule has 0 aromatic heterocycles. The van der Waals surface area contributed by atoms with Crippen molar-refractivity contribution in [3.63, 3.8) is 0 Å². The number of benzene rings is 1. The number of nitrogens with two attached hydrogens (primary N) is 1. The van der Waals surface area contributed by atoms with E-state index >= 15 is 0 Å². The molecule has 0 aliphatic rings. The fourth-order valence-corrected chi connectivity index (χ4v) is 1.40. The molecule has 0 saturated heterocycles. The second-order valence-electron chi connectivity index (χ2n) is 3.50. The van der Waals surface area contributed by atoms with Crippen LogP contribution in [0, 0.1) is 6.92 Å². The van der Waals surface area contributed by atoms with Crippen molar-refractivity contribution in [1.82, 2.24) is 0 Å². The van der Waals surface area contributed by atoms with Gasteiger partial charge in [-0.3, -0.25) is 0 Å². The van der Waals surface area contributed by atoms with Crippen LogP contribution in [0.2, 0.25) is 0 Å². The third-order valence-electron chi connectivity index (χ3n) is 2.08. The first kappa shape index (κ1) is 12.1. The molecule has 0 spiro atoms. The van der Waals surface area contributed by atoms with Crippen LogP contribution in [0.25, 0.3) is 0 Å². The highest BCUT2D eigenvalue weighted by molar-refractivity contribution is 6.25. The molecule has 1 rings (SSSR count). The Hall–Kier alpha value is -0.990. The van der Waals surface area contributed by atoms with Crippen molar-refractivity contribution in [1.29, 1.82) is 0 Å². The molecule has 2 nitrogen and oxygen atoms in total. The topological polar surface area (TPSA) is 35.2 Å². The summed E-state index contributed by atoms with van der Waals surface area (Å²) < 4.78 is 5.54. The van der Waals surface area contributed by atoms with E-state index in [9.17, 15) is 0 Å². The first-order valence-corrected chi connectivity index (χ1v) is 5.33. The lowest BCUT2D eigenvalue weighted by atomic mass is 10.1.